The Morgan fingerprint density at radius 1 is 1.50 bits per heavy atom. The van der Waals surface area contributed by atoms with E-state index in [-0.39, 0.29) is 24.9 Å². The lowest BCUT2D eigenvalue weighted by atomic mass is 9.97. The van der Waals surface area contributed by atoms with Crippen LogP contribution in [0.1, 0.15) is 19.3 Å². The Labute approximate surface area is 105 Å². The summed E-state index contributed by atoms with van der Waals surface area (Å²) in [6, 6.07) is -0.876. The van der Waals surface area contributed by atoms with Crippen LogP contribution in [0.2, 0.25) is 0 Å². The molecule has 0 bridgehead atoms. The molecule has 5 heteroatoms. The van der Waals surface area contributed by atoms with Crippen molar-refractivity contribution in [3.8, 4) is 0 Å². The number of likely N-dealkylation sites (tertiary alicyclic amines) is 1. The van der Waals surface area contributed by atoms with Crippen molar-refractivity contribution in [3.63, 3.8) is 0 Å². The Kier molecular flexibility index (Phi) is 3.81. The van der Waals surface area contributed by atoms with Crippen molar-refractivity contribution in [2.45, 2.75) is 25.3 Å². The zero-order chi connectivity index (χ0) is 13.1. The van der Waals surface area contributed by atoms with E-state index in [0.717, 1.165) is 5.57 Å². The highest BCUT2D eigenvalue weighted by Gasteiger charge is 2.38. The molecular formula is C13H17NO4. The van der Waals surface area contributed by atoms with Crippen molar-refractivity contribution in [2.75, 3.05) is 13.2 Å². The van der Waals surface area contributed by atoms with E-state index >= 15 is 0 Å². The molecule has 0 aromatic rings. The van der Waals surface area contributed by atoms with E-state index in [9.17, 15) is 14.7 Å². The zero-order valence-corrected chi connectivity index (χ0v) is 10.1. The van der Waals surface area contributed by atoms with E-state index in [0.29, 0.717) is 19.4 Å². The molecule has 2 aliphatic rings. The van der Waals surface area contributed by atoms with E-state index in [4.69, 9.17) is 5.11 Å². The predicted octanol–water partition coefficient (Wildman–Crippen LogP) is 0.557. The lowest BCUT2D eigenvalue weighted by Gasteiger charge is -2.27. The summed E-state index contributed by atoms with van der Waals surface area (Å²) in [4.78, 5) is 24.6. The minimum absolute atomic E-state index is 0.0759. The number of nitrogens with zero attached hydrogens (tertiary/aromatic N) is 1. The fourth-order valence-corrected chi connectivity index (χ4v) is 2.51. The number of hydrogen-bond acceptors (Lipinski definition) is 3. The van der Waals surface area contributed by atoms with E-state index in [2.05, 4.69) is 0 Å². The van der Waals surface area contributed by atoms with E-state index < -0.39 is 12.0 Å². The van der Waals surface area contributed by atoms with Crippen LogP contribution in [0, 0.1) is 5.92 Å². The fourth-order valence-electron chi connectivity index (χ4n) is 2.51. The number of carboxylic acids is 1. The van der Waals surface area contributed by atoms with Gasteiger partial charge in [-0.2, -0.15) is 0 Å². The first-order valence-electron chi connectivity index (χ1n) is 6.10. The minimum Gasteiger partial charge on any atom is -0.479 e. The summed E-state index contributed by atoms with van der Waals surface area (Å²) in [6.45, 7) is 0.251. The van der Waals surface area contributed by atoms with Crippen LogP contribution in [0.4, 0.5) is 0 Å². The monoisotopic (exact) mass is 251 g/mol. The maximum absolute atomic E-state index is 11.8. The molecule has 0 spiro atoms. The molecule has 1 heterocycles. The Bertz CT molecular complexity index is 413. The second-order valence-electron chi connectivity index (χ2n) is 4.73. The Morgan fingerprint density at radius 2 is 2.28 bits per heavy atom. The van der Waals surface area contributed by atoms with Gasteiger partial charge in [-0.25, -0.2) is 4.79 Å². The largest absolute Gasteiger partial charge is 0.479 e. The van der Waals surface area contributed by atoms with Gasteiger partial charge in [0.05, 0.1) is 0 Å². The summed E-state index contributed by atoms with van der Waals surface area (Å²) in [5, 5.41) is 18.4. The molecule has 2 rings (SSSR count). The molecule has 0 saturated carbocycles. The topological polar surface area (TPSA) is 77.8 Å². The van der Waals surface area contributed by atoms with Crippen LogP contribution in [0.25, 0.3) is 0 Å². The molecule has 1 amide bonds. The van der Waals surface area contributed by atoms with Gasteiger partial charge in [-0.05, 0) is 18.4 Å². The van der Waals surface area contributed by atoms with Gasteiger partial charge in [0.25, 0.3) is 0 Å². The van der Waals surface area contributed by atoms with Crippen LogP contribution >= 0.6 is 0 Å². The summed E-state index contributed by atoms with van der Waals surface area (Å²) < 4.78 is 0. The van der Waals surface area contributed by atoms with Gasteiger partial charge in [0.2, 0.25) is 5.91 Å². The van der Waals surface area contributed by atoms with Crippen molar-refractivity contribution >= 4 is 11.9 Å². The molecule has 1 fully saturated rings. The van der Waals surface area contributed by atoms with Gasteiger partial charge in [-0.3, -0.25) is 4.79 Å². The third-order valence-electron chi connectivity index (χ3n) is 3.43. The molecule has 1 aliphatic heterocycles. The maximum atomic E-state index is 11.8. The number of hydrogen-bond donors (Lipinski definition) is 2. The fraction of sp³-hybridized carbons (Fsp3) is 0.538. The van der Waals surface area contributed by atoms with Gasteiger partial charge >= 0.3 is 5.97 Å². The first-order valence-corrected chi connectivity index (χ1v) is 6.10. The van der Waals surface area contributed by atoms with E-state index in [1.807, 2.05) is 18.2 Å². The second kappa shape index (κ2) is 5.35. The van der Waals surface area contributed by atoms with Gasteiger partial charge in [-0.15, -0.1) is 0 Å². The summed E-state index contributed by atoms with van der Waals surface area (Å²) in [7, 11) is 0. The third kappa shape index (κ3) is 2.46. The normalized spacial score (nSPS) is 25.2. The SMILES string of the molecule is O=C(O)[C@@H](C1=CCC=CC1)N1CC(CO)CC1=O. The second-order valence-corrected chi connectivity index (χ2v) is 4.73. The molecule has 2 atom stereocenters. The van der Waals surface area contributed by atoms with E-state index in [1.165, 1.54) is 4.90 Å². The van der Waals surface area contributed by atoms with Crippen LogP contribution < -0.4 is 0 Å². The van der Waals surface area contributed by atoms with Crippen molar-refractivity contribution in [1.82, 2.24) is 4.90 Å². The van der Waals surface area contributed by atoms with Gasteiger partial charge < -0.3 is 15.1 Å². The number of rotatable bonds is 4. The Morgan fingerprint density at radius 3 is 2.78 bits per heavy atom. The van der Waals surface area contributed by atoms with Gasteiger partial charge in [0.15, 0.2) is 6.04 Å². The van der Waals surface area contributed by atoms with Crippen LogP contribution in [-0.4, -0.2) is 46.2 Å². The summed E-state index contributed by atoms with van der Waals surface area (Å²) >= 11 is 0. The van der Waals surface area contributed by atoms with Gasteiger partial charge in [-0.1, -0.05) is 18.2 Å². The molecule has 18 heavy (non-hydrogen) atoms. The highest BCUT2D eigenvalue weighted by atomic mass is 16.4. The van der Waals surface area contributed by atoms with E-state index in [1.54, 1.807) is 0 Å². The molecule has 1 aliphatic carbocycles. The number of carbonyl (C=O) groups excluding carboxylic acids is 1. The van der Waals surface area contributed by atoms with Crippen LogP contribution in [0.3, 0.4) is 0 Å². The summed E-state index contributed by atoms with van der Waals surface area (Å²) in [6.07, 6.45) is 7.30. The highest BCUT2D eigenvalue weighted by Crippen LogP contribution is 2.26. The van der Waals surface area contributed by atoms with Crippen molar-refractivity contribution in [2.24, 2.45) is 5.92 Å². The summed E-state index contributed by atoms with van der Waals surface area (Å²) in [5.41, 5.74) is 0.761. The Balaban J connectivity index is 2.18. The molecule has 1 saturated heterocycles. The van der Waals surface area contributed by atoms with Crippen LogP contribution in [0.15, 0.2) is 23.8 Å². The average molecular weight is 251 g/mol. The van der Waals surface area contributed by atoms with Gasteiger partial charge in [0.1, 0.15) is 0 Å². The first kappa shape index (κ1) is 12.8. The highest BCUT2D eigenvalue weighted by molar-refractivity contribution is 5.87. The summed E-state index contributed by atoms with van der Waals surface area (Å²) in [5.74, 6) is -1.32. The van der Waals surface area contributed by atoms with Crippen molar-refractivity contribution in [1.29, 1.82) is 0 Å². The predicted molar refractivity (Wildman–Crippen MR) is 64.8 cm³/mol. The zero-order valence-electron chi connectivity index (χ0n) is 10.1. The lowest BCUT2D eigenvalue weighted by molar-refractivity contribution is -0.146. The molecule has 1 unspecified atom stereocenters. The molecular weight excluding hydrogens is 234 g/mol. The quantitative estimate of drug-likeness (QED) is 0.715. The number of carbonyl (C=O) groups is 2. The minimum atomic E-state index is -0.997. The van der Waals surface area contributed by atoms with Crippen LogP contribution in [0.5, 0.6) is 0 Å². The average Bonchev–Trinajstić information content (AvgIpc) is 2.72. The molecule has 0 aromatic carbocycles. The third-order valence-corrected chi connectivity index (χ3v) is 3.43. The number of aliphatic hydroxyl groups is 1. The molecule has 98 valence electrons. The first-order chi connectivity index (χ1) is 8.63. The van der Waals surface area contributed by atoms with Crippen molar-refractivity contribution in [3.05, 3.63) is 23.8 Å². The lowest BCUT2D eigenvalue weighted by Crippen LogP contribution is -2.43. The van der Waals surface area contributed by atoms with Gasteiger partial charge in [0, 0.05) is 25.5 Å². The maximum Gasteiger partial charge on any atom is 0.330 e. The number of amides is 1. The number of allylic oxidation sites excluding steroid dienone is 3. The molecule has 2 N–H and O–H groups in total. The molecule has 0 aromatic heterocycles. The van der Waals surface area contributed by atoms with Crippen molar-refractivity contribution < 1.29 is 19.8 Å². The van der Waals surface area contributed by atoms with Crippen LogP contribution in [-0.2, 0) is 9.59 Å². The smallest absolute Gasteiger partial charge is 0.330 e. The molecule has 0 radical (unpaired) electrons. The Hall–Kier alpha value is -1.62. The number of aliphatic hydroxyl groups excluding tert-OH is 1. The number of carboxylic acid groups (broad SMARTS) is 1. The number of aliphatic carboxylic acids is 1. The standard InChI is InChI=1S/C13H17NO4/c15-8-9-6-11(16)14(7-9)12(13(17)18)10-4-2-1-3-5-10/h1-2,5,9,12,15H,3-4,6-8H2,(H,17,18)/t9?,12-/m1/s1. The molecule has 5 nitrogen and oxygen atoms in total.